The van der Waals surface area contributed by atoms with Crippen molar-refractivity contribution >= 4 is 5.97 Å². The Morgan fingerprint density at radius 2 is 1.79 bits per heavy atom. The summed E-state index contributed by atoms with van der Waals surface area (Å²) in [4.78, 5) is 12.4. The summed E-state index contributed by atoms with van der Waals surface area (Å²) in [6.45, 7) is 13.2. The Hall–Kier alpha value is -1.05. The first-order chi connectivity index (χ1) is 13.1. The first kappa shape index (κ1) is 20.2. The second kappa shape index (κ2) is 6.74. The van der Waals surface area contributed by atoms with Crippen molar-refractivity contribution in [2.75, 3.05) is 0 Å². The van der Waals surface area contributed by atoms with Crippen LogP contribution in [0.5, 0.6) is 0 Å². The number of ether oxygens (including phenoxy) is 1. The Labute approximate surface area is 172 Å². The van der Waals surface area contributed by atoms with Gasteiger partial charge in [-0.15, -0.1) is 0 Å². The molecule has 0 aromatic carbocycles. The molecule has 0 aromatic heterocycles. The summed E-state index contributed by atoms with van der Waals surface area (Å²) in [6, 6.07) is 0. The molecule has 4 aliphatic carbocycles. The maximum absolute atomic E-state index is 12.4. The standard InChI is InChI=1S/C26H40O2/c1-7-17-9-11-21-20-10-8-18-16-19(28-23(27)24(2,3)4)12-14-26(18,6)22(20)13-15-25(17,21)5/h7-8,19-22H,9-16H2,1-6H3/b17-7+/t19-,20-,21-,22-,25+,26-/m0/s1. The minimum absolute atomic E-state index is 0.0475. The van der Waals surface area contributed by atoms with E-state index < -0.39 is 5.41 Å². The molecule has 2 nitrogen and oxygen atoms in total. The summed E-state index contributed by atoms with van der Waals surface area (Å²) in [5, 5.41) is 0. The van der Waals surface area contributed by atoms with Crippen molar-refractivity contribution in [3.05, 3.63) is 23.3 Å². The lowest BCUT2D eigenvalue weighted by Gasteiger charge is -2.57. The number of allylic oxidation sites excluding steroid dienone is 3. The summed E-state index contributed by atoms with van der Waals surface area (Å²) in [5.74, 6) is 2.48. The van der Waals surface area contributed by atoms with Crippen LogP contribution < -0.4 is 0 Å². The first-order valence-corrected chi connectivity index (χ1v) is 11.7. The summed E-state index contributed by atoms with van der Waals surface area (Å²) >= 11 is 0. The topological polar surface area (TPSA) is 26.3 Å². The zero-order chi connectivity index (χ0) is 20.3. The molecule has 6 atom stereocenters. The molecule has 4 rings (SSSR count). The zero-order valence-electron chi connectivity index (χ0n) is 18.9. The quantitative estimate of drug-likeness (QED) is 0.365. The van der Waals surface area contributed by atoms with Crippen molar-refractivity contribution < 1.29 is 9.53 Å². The van der Waals surface area contributed by atoms with E-state index in [-0.39, 0.29) is 12.1 Å². The molecular formula is C26H40O2. The Morgan fingerprint density at radius 3 is 2.46 bits per heavy atom. The monoisotopic (exact) mass is 384 g/mol. The molecule has 3 saturated carbocycles. The molecule has 0 N–H and O–H groups in total. The van der Waals surface area contributed by atoms with Gasteiger partial charge in [0.25, 0.3) is 0 Å². The summed E-state index contributed by atoms with van der Waals surface area (Å²) in [5.41, 5.74) is 3.70. The Balaban J connectivity index is 1.53. The Morgan fingerprint density at radius 1 is 1.11 bits per heavy atom. The molecule has 28 heavy (non-hydrogen) atoms. The first-order valence-electron chi connectivity index (χ1n) is 11.7. The van der Waals surface area contributed by atoms with Crippen LogP contribution in [0.15, 0.2) is 23.3 Å². The van der Waals surface area contributed by atoms with Gasteiger partial charge < -0.3 is 4.74 Å². The van der Waals surface area contributed by atoms with E-state index in [1.807, 2.05) is 20.8 Å². The second-order valence-electron chi connectivity index (χ2n) is 11.6. The van der Waals surface area contributed by atoms with E-state index in [4.69, 9.17) is 4.74 Å². The van der Waals surface area contributed by atoms with Gasteiger partial charge in [-0.1, -0.05) is 37.1 Å². The molecule has 0 spiro atoms. The SMILES string of the molecule is C/C=C1\CC[C@H]2[C@@H]3CC=C4C[C@@H](OC(=O)C(C)(C)C)CC[C@]4(C)[C@H]3CC[C@]12C. The van der Waals surface area contributed by atoms with Crippen LogP contribution in [0.3, 0.4) is 0 Å². The zero-order valence-corrected chi connectivity index (χ0v) is 18.9. The fraction of sp³-hybridized carbons (Fsp3) is 0.808. The number of hydrogen-bond donors (Lipinski definition) is 0. The van der Waals surface area contributed by atoms with Crippen LogP contribution >= 0.6 is 0 Å². The Kier molecular flexibility index (Phi) is 4.87. The van der Waals surface area contributed by atoms with Crippen LogP contribution in [-0.2, 0) is 9.53 Å². The number of esters is 1. The predicted octanol–water partition coefficient (Wildman–Crippen LogP) is 6.85. The van der Waals surface area contributed by atoms with Crippen LogP contribution in [0.25, 0.3) is 0 Å². The van der Waals surface area contributed by atoms with E-state index in [1.165, 1.54) is 38.5 Å². The fourth-order valence-corrected chi connectivity index (χ4v) is 7.38. The molecule has 0 heterocycles. The normalized spacial score (nSPS) is 44.4. The summed E-state index contributed by atoms with van der Waals surface area (Å²) in [6.07, 6.45) is 14.9. The molecule has 0 aromatic rings. The van der Waals surface area contributed by atoms with Gasteiger partial charge in [0, 0.05) is 6.42 Å². The molecule has 2 heteroatoms. The highest BCUT2D eigenvalue weighted by Gasteiger charge is 2.57. The van der Waals surface area contributed by atoms with Gasteiger partial charge in [-0.2, -0.15) is 0 Å². The largest absolute Gasteiger partial charge is 0.462 e. The third-order valence-electron chi connectivity index (χ3n) is 9.14. The molecule has 0 aliphatic heterocycles. The lowest BCUT2D eigenvalue weighted by Crippen LogP contribution is -2.50. The van der Waals surface area contributed by atoms with E-state index in [0.29, 0.717) is 10.8 Å². The van der Waals surface area contributed by atoms with E-state index in [1.54, 1.807) is 11.1 Å². The molecule has 3 fully saturated rings. The number of rotatable bonds is 1. The van der Waals surface area contributed by atoms with Gasteiger partial charge in [0.1, 0.15) is 6.10 Å². The number of carbonyl (C=O) groups excluding carboxylic acids is 1. The van der Waals surface area contributed by atoms with Crippen molar-refractivity contribution in [2.45, 2.75) is 99.0 Å². The van der Waals surface area contributed by atoms with Crippen LogP contribution in [0.4, 0.5) is 0 Å². The van der Waals surface area contributed by atoms with Crippen molar-refractivity contribution in [3.8, 4) is 0 Å². The van der Waals surface area contributed by atoms with E-state index in [9.17, 15) is 4.79 Å². The van der Waals surface area contributed by atoms with Crippen LogP contribution in [0.1, 0.15) is 92.9 Å². The van der Waals surface area contributed by atoms with Gasteiger partial charge in [-0.05, 0) is 101 Å². The van der Waals surface area contributed by atoms with Crippen molar-refractivity contribution in [1.29, 1.82) is 0 Å². The Bertz CT molecular complexity index is 708. The molecular weight excluding hydrogens is 344 g/mol. The molecule has 4 aliphatic rings. The number of hydrogen-bond acceptors (Lipinski definition) is 2. The molecule has 0 unspecified atom stereocenters. The van der Waals surface area contributed by atoms with E-state index >= 15 is 0 Å². The highest BCUT2D eigenvalue weighted by atomic mass is 16.5. The third-order valence-corrected chi connectivity index (χ3v) is 9.14. The lowest BCUT2D eigenvalue weighted by molar-refractivity contribution is -0.160. The molecule has 0 saturated heterocycles. The maximum atomic E-state index is 12.4. The minimum atomic E-state index is -0.409. The molecule has 156 valence electrons. The van der Waals surface area contributed by atoms with Crippen molar-refractivity contribution in [3.63, 3.8) is 0 Å². The predicted molar refractivity (Wildman–Crippen MR) is 115 cm³/mol. The van der Waals surface area contributed by atoms with Gasteiger partial charge in [0.15, 0.2) is 0 Å². The second-order valence-corrected chi connectivity index (χ2v) is 11.6. The number of fused-ring (bicyclic) bond motifs is 5. The average molecular weight is 385 g/mol. The van der Waals surface area contributed by atoms with Gasteiger partial charge >= 0.3 is 5.97 Å². The molecule has 0 bridgehead atoms. The highest BCUT2D eigenvalue weighted by Crippen LogP contribution is 2.66. The van der Waals surface area contributed by atoms with Gasteiger partial charge in [-0.25, -0.2) is 0 Å². The maximum Gasteiger partial charge on any atom is 0.311 e. The van der Waals surface area contributed by atoms with Gasteiger partial charge in [0.2, 0.25) is 0 Å². The fourth-order valence-electron chi connectivity index (χ4n) is 7.38. The van der Waals surface area contributed by atoms with Crippen LogP contribution in [-0.4, -0.2) is 12.1 Å². The van der Waals surface area contributed by atoms with Crippen LogP contribution in [0, 0.1) is 34.0 Å². The molecule has 0 radical (unpaired) electrons. The van der Waals surface area contributed by atoms with E-state index in [2.05, 4.69) is 32.9 Å². The smallest absolute Gasteiger partial charge is 0.311 e. The summed E-state index contributed by atoms with van der Waals surface area (Å²) in [7, 11) is 0. The minimum Gasteiger partial charge on any atom is -0.462 e. The number of carbonyl (C=O) groups is 1. The van der Waals surface area contributed by atoms with Gasteiger partial charge in [-0.3, -0.25) is 4.79 Å². The summed E-state index contributed by atoms with van der Waals surface area (Å²) < 4.78 is 5.91. The lowest BCUT2D eigenvalue weighted by atomic mass is 9.48. The third kappa shape index (κ3) is 3.01. The van der Waals surface area contributed by atoms with Crippen molar-refractivity contribution in [2.24, 2.45) is 34.0 Å². The van der Waals surface area contributed by atoms with Crippen LogP contribution in [0.2, 0.25) is 0 Å². The molecule has 0 amide bonds. The van der Waals surface area contributed by atoms with Crippen molar-refractivity contribution in [1.82, 2.24) is 0 Å². The average Bonchev–Trinajstić information content (AvgIpc) is 2.97. The van der Waals surface area contributed by atoms with Gasteiger partial charge in [0.05, 0.1) is 5.41 Å². The van der Waals surface area contributed by atoms with E-state index in [0.717, 1.165) is 30.6 Å². The highest BCUT2D eigenvalue weighted by molar-refractivity contribution is 5.75.